The van der Waals surface area contributed by atoms with Crippen molar-refractivity contribution in [3.05, 3.63) is 42.0 Å². The van der Waals surface area contributed by atoms with Gasteiger partial charge in [0, 0.05) is 26.3 Å². The molecule has 4 saturated heterocycles. The summed E-state index contributed by atoms with van der Waals surface area (Å²) in [6.45, 7) is 1.59. The highest BCUT2D eigenvalue weighted by Gasteiger charge is 2.56. The van der Waals surface area contributed by atoms with E-state index in [1.165, 1.54) is 31.4 Å². The van der Waals surface area contributed by atoms with Crippen molar-refractivity contribution in [2.24, 2.45) is 0 Å². The maximum absolute atomic E-state index is 13.8. The normalized spacial score (nSPS) is 35.4. The Morgan fingerprint density at radius 3 is 1.56 bits per heavy atom. The molecular weight excluding hydrogens is 1060 g/mol. The first-order chi connectivity index (χ1) is 37.0. The second-order valence-corrected chi connectivity index (χ2v) is 20.3. The van der Waals surface area contributed by atoms with Crippen molar-refractivity contribution >= 4 is 34.0 Å². The Kier molecular flexibility index (Phi) is 25.4. The predicted molar refractivity (Wildman–Crippen MR) is 263 cm³/mol. The molecule has 1 aromatic rings. The minimum absolute atomic E-state index is 0.0587. The van der Waals surface area contributed by atoms with E-state index in [1.54, 1.807) is 12.1 Å². The lowest BCUT2D eigenvalue weighted by molar-refractivity contribution is -0.361. The topological polar surface area (TPSA) is 436 Å². The predicted octanol–water partition coefficient (Wildman–Crippen LogP) is -4.37. The monoisotopic (exact) mass is 1140 g/mol. The van der Waals surface area contributed by atoms with Crippen LogP contribution in [0.4, 0.5) is 0 Å². The quantitative estimate of drug-likeness (QED) is 0.0225. The van der Waals surface area contributed by atoms with E-state index in [9.17, 15) is 78.1 Å². The summed E-state index contributed by atoms with van der Waals surface area (Å²) in [6, 6.07) is -0.669. The van der Waals surface area contributed by atoms with Crippen molar-refractivity contribution in [3.63, 3.8) is 0 Å². The third-order valence-electron chi connectivity index (χ3n) is 13.2. The number of amides is 4. The molecule has 0 radical (unpaired) electrons. The van der Waals surface area contributed by atoms with Crippen LogP contribution in [-0.2, 0) is 62.1 Å². The molecule has 14 N–H and O–H groups in total. The summed E-state index contributed by atoms with van der Waals surface area (Å²) in [5.74, 6) is -2.85. The van der Waals surface area contributed by atoms with Crippen molar-refractivity contribution in [1.29, 1.82) is 0 Å². The van der Waals surface area contributed by atoms with Gasteiger partial charge in [-0.3, -0.25) is 23.7 Å². The number of hydrogen-bond donors (Lipinski definition) is 14. The summed E-state index contributed by atoms with van der Waals surface area (Å²) >= 11 is 0. The summed E-state index contributed by atoms with van der Waals surface area (Å²) in [7, 11) is -5.16. The van der Waals surface area contributed by atoms with Crippen LogP contribution in [0.5, 0.6) is 5.75 Å². The zero-order valence-electron chi connectivity index (χ0n) is 43.5. The molecule has 8 unspecified atom stereocenters. The largest absolute Gasteiger partial charge is 0.494 e. The molecule has 5 rings (SSSR count). The van der Waals surface area contributed by atoms with Gasteiger partial charge < -0.3 is 105 Å². The molecule has 29 nitrogen and oxygen atoms in total. The number of aliphatic hydroxyl groups is 9. The molecule has 0 aromatic heterocycles. The number of hydrogen-bond acceptors (Lipinski definition) is 24. The molecule has 30 heteroatoms. The van der Waals surface area contributed by atoms with E-state index < -0.39 is 183 Å². The zero-order valence-corrected chi connectivity index (χ0v) is 44.3. The van der Waals surface area contributed by atoms with Crippen LogP contribution in [0.3, 0.4) is 0 Å². The second-order valence-electron chi connectivity index (χ2n) is 19.2. The molecule has 1 aromatic carbocycles. The van der Waals surface area contributed by atoms with E-state index in [2.05, 4.69) is 44.5 Å². The van der Waals surface area contributed by atoms with Crippen molar-refractivity contribution in [2.75, 3.05) is 33.0 Å². The Morgan fingerprint density at radius 2 is 1.06 bits per heavy atom. The van der Waals surface area contributed by atoms with E-state index in [4.69, 9.17) is 37.9 Å². The highest BCUT2D eigenvalue weighted by molar-refractivity contribution is 7.80. The Morgan fingerprint density at radius 1 is 0.590 bits per heavy atom. The summed E-state index contributed by atoms with van der Waals surface area (Å²) < 4.78 is 83.9. The maximum atomic E-state index is 13.8. The van der Waals surface area contributed by atoms with Crippen LogP contribution in [0, 0.1) is 0 Å². The smallest absolute Gasteiger partial charge is 0.397 e. The van der Waals surface area contributed by atoms with E-state index >= 15 is 0 Å². The molecule has 4 fully saturated rings. The first-order valence-corrected chi connectivity index (χ1v) is 27.0. The molecule has 4 aliphatic rings. The lowest BCUT2D eigenvalue weighted by Crippen LogP contribution is -2.71. The number of unbranched alkanes of at least 4 members (excludes halogenated alkanes) is 5. The lowest BCUT2D eigenvalue weighted by atomic mass is 9.93. The van der Waals surface area contributed by atoms with Crippen LogP contribution in [-0.4, -0.2) is 238 Å². The number of rotatable bonds is 27. The third-order valence-corrected chi connectivity index (χ3v) is 13.6. The van der Waals surface area contributed by atoms with Crippen LogP contribution in [0.1, 0.15) is 83.0 Å². The van der Waals surface area contributed by atoms with Gasteiger partial charge in [-0.25, -0.2) is 4.18 Å². The molecule has 78 heavy (non-hydrogen) atoms. The number of carbonyl (C=O) groups excluding carboxylic acids is 4. The van der Waals surface area contributed by atoms with E-state index in [0.29, 0.717) is 18.8 Å². The van der Waals surface area contributed by atoms with Gasteiger partial charge in [-0.15, -0.1) is 0 Å². The van der Waals surface area contributed by atoms with Gasteiger partial charge in [-0.2, -0.15) is 8.42 Å². The van der Waals surface area contributed by atoms with Crippen LogP contribution in [0.15, 0.2) is 36.4 Å². The highest BCUT2D eigenvalue weighted by Crippen LogP contribution is 2.35. The molecule has 0 spiro atoms. The summed E-state index contributed by atoms with van der Waals surface area (Å²) in [6.07, 6.45) is -18.1. The molecule has 4 aliphatic heterocycles. The fourth-order valence-electron chi connectivity index (χ4n) is 9.35. The van der Waals surface area contributed by atoms with Crippen molar-refractivity contribution in [3.8, 4) is 5.75 Å². The van der Waals surface area contributed by atoms with Crippen LogP contribution < -0.4 is 26.0 Å². The van der Waals surface area contributed by atoms with Gasteiger partial charge >= 0.3 is 10.4 Å². The van der Waals surface area contributed by atoms with Gasteiger partial charge in [0.25, 0.3) is 5.91 Å². The van der Waals surface area contributed by atoms with Gasteiger partial charge in [0.05, 0.1) is 33.0 Å². The molecular formula is C48H76N4O25S. The standard InChI is InChI=1S/C48H76N4O25S/c1-5-6-7-8-9-10-11-12-13-17-69-27-16-14-15-26(18-27)44(64)52-33-37(60)36(59)28(19-53)72-46(33)75-41-29(20-54)73-47(34(39(41)62)50-24(3)57)76-42-30(21-55)74-48(35(40(42)63)51-25(4)58)77-43-31(22-70-78(66,67)68)71-45(65)32(38(43)61)49-23(2)56/h10-11,14-16,18,28-43,45-48,53-55,59-63,65H,5-9,12-13,17,19-22H2,1-4H3,(H,49,56)(H,50,57)(H,51,58)(H,52,64)(H,66,67,68)/t28?,29-,30?,31-,32?,33?,34?,35?,36+,37+,38?,39?,40+,41+,42+,43+,45+,46-,47-,48-/m0/s1. The number of allylic oxidation sites excluding steroid dienone is 2. The highest BCUT2D eigenvalue weighted by atomic mass is 32.3. The van der Waals surface area contributed by atoms with E-state index in [-0.39, 0.29) is 5.56 Å². The second kappa shape index (κ2) is 30.6. The van der Waals surface area contributed by atoms with Gasteiger partial charge in [-0.1, -0.05) is 44.4 Å². The van der Waals surface area contributed by atoms with Crippen LogP contribution in [0.2, 0.25) is 0 Å². The van der Waals surface area contributed by atoms with Crippen LogP contribution >= 0.6 is 0 Å². The van der Waals surface area contributed by atoms with Crippen molar-refractivity contribution in [2.45, 2.75) is 195 Å². The molecule has 0 saturated carbocycles. The number of nitrogens with one attached hydrogen (secondary N) is 4. The van der Waals surface area contributed by atoms with Gasteiger partial charge in [-0.05, 0) is 43.9 Å². The SMILES string of the molecule is CCCCCCC=CCCCOc1cccc(C(=O)NC2[C@H](O[C@H]3C(O)C(NC(C)=O)[C@H](O[C@@H]4C(CO)O[C@@H](O[C@H]5C(O)C(NC(C)=O)[C@H](O)O[C@H]5COS(=O)(=O)O)C(NC(C)=O)[C@H]4O)O[C@H]3CO)OC(CO)[C@@H](O)[C@@H]2O)c1. The van der Waals surface area contributed by atoms with Crippen molar-refractivity contribution < 1.29 is 120 Å². The maximum Gasteiger partial charge on any atom is 0.397 e. The van der Waals surface area contributed by atoms with Gasteiger partial charge in [0.15, 0.2) is 25.2 Å². The minimum Gasteiger partial charge on any atom is -0.494 e. The molecule has 4 heterocycles. The van der Waals surface area contributed by atoms with Gasteiger partial charge in [0.2, 0.25) is 17.7 Å². The molecule has 20 atom stereocenters. The molecule has 444 valence electrons. The summed E-state index contributed by atoms with van der Waals surface area (Å²) in [4.78, 5) is 51.1. The lowest BCUT2D eigenvalue weighted by Gasteiger charge is -2.51. The third kappa shape index (κ3) is 17.9. The summed E-state index contributed by atoms with van der Waals surface area (Å²) in [5.41, 5.74) is 0.0587. The number of carbonyl (C=O) groups is 4. The minimum atomic E-state index is -5.16. The van der Waals surface area contributed by atoms with Crippen molar-refractivity contribution in [1.82, 2.24) is 21.3 Å². The van der Waals surface area contributed by atoms with E-state index in [0.717, 1.165) is 40.0 Å². The number of aliphatic hydroxyl groups excluding tert-OH is 9. The molecule has 0 bridgehead atoms. The Hall–Kier alpha value is -4.13. The molecule has 0 aliphatic carbocycles. The Balaban J connectivity index is 1.34. The first-order valence-electron chi connectivity index (χ1n) is 25.6. The fraction of sp³-hybridized carbons (Fsp3) is 0.750. The summed E-state index contributed by atoms with van der Waals surface area (Å²) in [5, 5.41) is 109. The van der Waals surface area contributed by atoms with Gasteiger partial charge in [0.1, 0.15) is 103 Å². The number of benzene rings is 1. The average Bonchev–Trinajstić information content (AvgIpc) is 3.47. The Bertz CT molecular complexity index is 2220. The Labute approximate surface area is 450 Å². The molecule has 4 amide bonds. The first kappa shape index (κ1) is 64.7. The fourth-order valence-corrected chi connectivity index (χ4v) is 9.66. The zero-order chi connectivity index (χ0) is 57.4. The van der Waals surface area contributed by atoms with E-state index in [1.807, 2.05) is 0 Å². The van der Waals surface area contributed by atoms with Crippen LogP contribution in [0.25, 0.3) is 0 Å². The average molecular weight is 1140 g/mol. The number of ether oxygens (including phenoxy) is 8.